The first-order valence-corrected chi connectivity index (χ1v) is 13.1. The van der Waals surface area contributed by atoms with Crippen molar-refractivity contribution in [2.45, 2.75) is 11.9 Å². The van der Waals surface area contributed by atoms with Gasteiger partial charge in [-0.05, 0) is 30.3 Å². The summed E-state index contributed by atoms with van der Waals surface area (Å²) in [5, 5.41) is 8.49. The molecule has 11 nitrogen and oxygen atoms in total. The van der Waals surface area contributed by atoms with Crippen molar-refractivity contribution in [3.63, 3.8) is 0 Å². The lowest BCUT2D eigenvalue weighted by molar-refractivity contribution is 0.118. The van der Waals surface area contributed by atoms with Gasteiger partial charge in [0.25, 0.3) is 0 Å². The van der Waals surface area contributed by atoms with Gasteiger partial charge in [-0.15, -0.1) is 10.2 Å². The molecule has 1 atom stereocenters. The number of pyridine rings is 2. The van der Waals surface area contributed by atoms with Gasteiger partial charge in [0.05, 0.1) is 39.0 Å². The smallest absolute Gasteiger partial charge is 0.213 e. The van der Waals surface area contributed by atoms with E-state index < -0.39 is 33.3 Å². The molecule has 0 saturated heterocycles. The van der Waals surface area contributed by atoms with E-state index in [1.54, 1.807) is 36.4 Å². The number of nitrogens with zero attached hydrogens (tertiary/aromatic N) is 5. The summed E-state index contributed by atoms with van der Waals surface area (Å²) in [6, 6.07) is 12.8. The van der Waals surface area contributed by atoms with Crippen molar-refractivity contribution >= 4 is 9.84 Å². The molecule has 0 aliphatic heterocycles. The zero-order valence-electron chi connectivity index (χ0n) is 21.2. The van der Waals surface area contributed by atoms with Crippen molar-refractivity contribution in [3.05, 3.63) is 72.1 Å². The summed E-state index contributed by atoms with van der Waals surface area (Å²) in [6.45, 7) is 0. The van der Waals surface area contributed by atoms with Crippen molar-refractivity contribution in [1.82, 2.24) is 24.7 Å². The van der Waals surface area contributed by atoms with Crippen LogP contribution in [0.4, 0.5) is 4.39 Å². The summed E-state index contributed by atoms with van der Waals surface area (Å²) < 4.78 is 63.4. The fraction of sp³-hybridized carbons (Fsp3) is 0.280. The Morgan fingerprint density at radius 2 is 1.63 bits per heavy atom. The van der Waals surface area contributed by atoms with Gasteiger partial charge in [-0.25, -0.2) is 17.8 Å². The first-order valence-electron chi connectivity index (χ1n) is 11.3. The number of halogens is 1. The third kappa shape index (κ3) is 5.73. The summed E-state index contributed by atoms with van der Waals surface area (Å²) in [4.78, 5) is 8.40. The molecule has 200 valence electrons. The van der Waals surface area contributed by atoms with Gasteiger partial charge in [0, 0.05) is 13.2 Å². The minimum Gasteiger partial charge on any atom is -0.494 e. The van der Waals surface area contributed by atoms with E-state index in [0.717, 1.165) is 6.20 Å². The van der Waals surface area contributed by atoms with Gasteiger partial charge < -0.3 is 18.9 Å². The van der Waals surface area contributed by atoms with Crippen LogP contribution < -0.4 is 14.2 Å². The maximum atomic E-state index is 13.4. The second-order valence-electron chi connectivity index (χ2n) is 8.03. The summed E-state index contributed by atoms with van der Waals surface area (Å²) >= 11 is 0. The fourth-order valence-corrected chi connectivity index (χ4v) is 5.32. The number of sulfone groups is 1. The number of aromatic nitrogens is 5. The molecule has 0 aliphatic rings. The van der Waals surface area contributed by atoms with Gasteiger partial charge in [0.1, 0.15) is 40.6 Å². The third-order valence-corrected chi connectivity index (χ3v) is 7.14. The van der Waals surface area contributed by atoms with E-state index in [2.05, 4.69) is 20.2 Å². The number of benzene rings is 1. The lowest BCUT2D eigenvalue weighted by Gasteiger charge is -2.18. The summed E-state index contributed by atoms with van der Waals surface area (Å²) in [6.07, 6.45) is 0.0867. The van der Waals surface area contributed by atoms with Gasteiger partial charge in [-0.3, -0.25) is 9.55 Å². The Morgan fingerprint density at radius 1 is 0.921 bits per heavy atom. The van der Waals surface area contributed by atoms with Crippen LogP contribution in [-0.4, -0.2) is 67.3 Å². The number of methoxy groups -OCH3 is 4. The molecule has 0 saturated carbocycles. The Kier molecular flexibility index (Phi) is 8.17. The Balaban J connectivity index is 1.81. The van der Waals surface area contributed by atoms with Crippen LogP contribution in [0.1, 0.15) is 17.6 Å². The van der Waals surface area contributed by atoms with Gasteiger partial charge in [-0.2, -0.15) is 0 Å². The van der Waals surface area contributed by atoms with Gasteiger partial charge in [0.2, 0.25) is 5.88 Å². The topological polar surface area (TPSA) is 128 Å². The molecule has 0 unspecified atom stereocenters. The second kappa shape index (κ2) is 11.5. The van der Waals surface area contributed by atoms with Crippen molar-refractivity contribution in [2.75, 3.05) is 34.2 Å². The van der Waals surface area contributed by atoms with E-state index in [1.807, 2.05) is 0 Å². The molecule has 0 fully saturated rings. The van der Waals surface area contributed by atoms with Crippen molar-refractivity contribution in [1.29, 1.82) is 0 Å². The standard InChI is InChI=1S/C25H26FN5O6S/c1-34-19-8-6-9-20(35-2)24(19)31-22(29-30-25(31)18-7-5-10-23(28-18)37-4)15-38(32,33)14-21(36-3)17-12-11-16(26)13-27-17/h5-13,21H,14-15H2,1-4H3/t21-/m1/s1. The van der Waals surface area contributed by atoms with Crippen LogP contribution in [-0.2, 0) is 20.3 Å². The zero-order valence-corrected chi connectivity index (χ0v) is 22.0. The van der Waals surface area contributed by atoms with Crippen LogP contribution in [0.5, 0.6) is 17.4 Å². The van der Waals surface area contributed by atoms with Gasteiger partial charge in [-0.1, -0.05) is 12.1 Å². The largest absolute Gasteiger partial charge is 0.494 e. The van der Waals surface area contributed by atoms with Crippen molar-refractivity contribution < 1.29 is 31.8 Å². The van der Waals surface area contributed by atoms with E-state index in [-0.39, 0.29) is 17.3 Å². The van der Waals surface area contributed by atoms with E-state index in [9.17, 15) is 12.8 Å². The van der Waals surface area contributed by atoms with Crippen LogP contribution in [0, 0.1) is 5.82 Å². The SMILES string of the molecule is COc1cccc(-c2nnc(CS(=O)(=O)C[C@@H](OC)c3ccc(F)cn3)n2-c2c(OC)cccc2OC)n1. The van der Waals surface area contributed by atoms with E-state index in [4.69, 9.17) is 18.9 Å². The van der Waals surface area contributed by atoms with Gasteiger partial charge >= 0.3 is 0 Å². The van der Waals surface area contributed by atoms with Crippen LogP contribution >= 0.6 is 0 Å². The number of ether oxygens (including phenoxy) is 4. The normalized spacial score (nSPS) is 12.2. The van der Waals surface area contributed by atoms with Crippen molar-refractivity contribution in [2.24, 2.45) is 0 Å². The second-order valence-corrected chi connectivity index (χ2v) is 10.1. The maximum absolute atomic E-state index is 13.4. The summed E-state index contributed by atoms with van der Waals surface area (Å²) in [5.74, 6) is 0.0120. The highest BCUT2D eigenvalue weighted by Gasteiger charge is 2.29. The van der Waals surface area contributed by atoms with Crippen LogP contribution in [0.2, 0.25) is 0 Å². The number of para-hydroxylation sites is 1. The highest BCUT2D eigenvalue weighted by atomic mass is 32.2. The lowest BCUT2D eigenvalue weighted by atomic mass is 10.2. The Morgan fingerprint density at radius 3 is 2.24 bits per heavy atom. The molecule has 0 aliphatic carbocycles. The van der Waals surface area contributed by atoms with E-state index in [1.165, 1.54) is 45.1 Å². The molecule has 3 aromatic heterocycles. The fourth-order valence-electron chi connectivity index (χ4n) is 3.85. The molecule has 0 spiro atoms. The first kappa shape index (κ1) is 26.9. The number of rotatable bonds is 11. The minimum atomic E-state index is -3.86. The molecule has 1 aromatic carbocycles. The maximum Gasteiger partial charge on any atom is 0.213 e. The average Bonchev–Trinajstić information content (AvgIpc) is 3.33. The monoisotopic (exact) mass is 543 g/mol. The molecule has 3 heterocycles. The molecule has 4 aromatic rings. The molecule has 13 heteroatoms. The Labute approximate surface area is 219 Å². The number of hydrogen-bond acceptors (Lipinski definition) is 10. The Bertz CT molecular complexity index is 1490. The summed E-state index contributed by atoms with van der Waals surface area (Å²) in [5.41, 5.74) is 1.07. The molecule has 0 bridgehead atoms. The van der Waals surface area contributed by atoms with E-state index in [0.29, 0.717) is 28.8 Å². The molecule has 0 radical (unpaired) electrons. The highest BCUT2D eigenvalue weighted by molar-refractivity contribution is 7.90. The third-order valence-electron chi connectivity index (χ3n) is 5.64. The Hall–Kier alpha value is -4.10. The molecule has 0 N–H and O–H groups in total. The predicted molar refractivity (Wildman–Crippen MR) is 136 cm³/mol. The van der Waals surface area contributed by atoms with Gasteiger partial charge in [0.15, 0.2) is 21.5 Å². The van der Waals surface area contributed by atoms with Crippen LogP contribution in [0.15, 0.2) is 54.7 Å². The molecule has 4 rings (SSSR count). The minimum absolute atomic E-state index is 0.0920. The number of hydrogen-bond donors (Lipinski definition) is 0. The zero-order chi connectivity index (χ0) is 27.3. The van der Waals surface area contributed by atoms with Crippen molar-refractivity contribution in [3.8, 4) is 34.6 Å². The van der Waals surface area contributed by atoms with Crippen LogP contribution in [0.3, 0.4) is 0 Å². The lowest BCUT2D eigenvalue weighted by Crippen LogP contribution is -2.20. The van der Waals surface area contributed by atoms with E-state index >= 15 is 0 Å². The molecular weight excluding hydrogens is 517 g/mol. The molecule has 38 heavy (non-hydrogen) atoms. The average molecular weight is 544 g/mol. The quantitative estimate of drug-likeness (QED) is 0.278. The highest BCUT2D eigenvalue weighted by Crippen LogP contribution is 2.36. The molecule has 0 amide bonds. The molecular formula is C25H26FN5O6S. The van der Waals surface area contributed by atoms with Crippen LogP contribution in [0.25, 0.3) is 17.2 Å². The summed E-state index contributed by atoms with van der Waals surface area (Å²) in [7, 11) is 1.96. The first-order chi connectivity index (χ1) is 18.3. The predicted octanol–water partition coefficient (Wildman–Crippen LogP) is 3.19.